The summed E-state index contributed by atoms with van der Waals surface area (Å²) in [5.41, 5.74) is 0. The SMILES string of the molecule is O=C(COC(=O)CCc1cccs1)NCCOc1ccc(Cl)cc1. The zero-order valence-electron chi connectivity index (χ0n) is 13.0. The van der Waals surface area contributed by atoms with Crippen molar-refractivity contribution < 1.29 is 19.1 Å². The van der Waals surface area contributed by atoms with Crippen LogP contribution in [0.3, 0.4) is 0 Å². The van der Waals surface area contributed by atoms with E-state index in [-0.39, 0.29) is 24.9 Å². The maximum absolute atomic E-state index is 11.6. The van der Waals surface area contributed by atoms with Gasteiger partial charge in [0, 0.05) is 9.90 Å². The van der Waals surface area contributed by atoms with E-state index in [0.717, 1.165) is 4.88 Å². The van der Waals surface area contributed by atoms with E-state index in [1.807, 2.05) is 17.5 Å². The molecule has 0 aliphatic heterocycles. The highest BCUT2D eigenvalue weighted by molar-refractivity contribution is 7.09. The van der Waals surface area contributed by atoms with Gasteiger partial charge in [0.15, 0.2) is 6.61 Å². The molecule has 0 atom stereocenters. The first-order chi connectivity index (χ1) is 11.6. The minimum Gasteiger partial charge on any atom is -0.492 e. The van der Waals surface area contributed by atoms with Gasteiger partial charge >= 0.3 is 5.97 Å². The molecule has 0 aliphatic carbocycles. The van der Waals surface area contributed by atoms with Crippen molar-refractivity contribution in [2.24, 2.45) is 0 Å². The van der Waals surface area contributed by atoms with Gasteiger partial charge in [-0.3, -0.25) is 9.59 Å². The van der Waals surface area contributed by atoms with Gasteiger partial charge in [0.1, 0.15) is 12.4 Å². The second-order valence-corrected chi connectivity index (χ2v) is 6.36. The Bertz CT molecular complexity index is 643. The highest BCUT2D eigenvalue weighted by atomic mass is 35.5. The Morgan fingerprint density at radius 3 is 2.67 bits per heavy atom. The number of amides is 1. The zero-order valence-corrected chi connectivity index (χ0v) is 14.6. The van der Waals surface area contributed by atoms with Gasteiger partial charge in [0.05, 0.1) is 13.0 Å². The first-order valence-corrected chi connectivity index (χ1v) is 8.72. The molecule has 0 saturated heterocycles. The summed E-state index contributed by atoms with van der Waals surface area (Å²) < 4.78 is 10.4. The largest absolute Gasteiger partial charge is 0.492 e. The molecule has 0 radical (unpaired) electrons. The lowest BCUT2D eigenvalue weighted by molar-refractivity contribution is -0.148. The maximum atomic E-state index is 11.6. The lowest BCUT2D eigenvalue weighted by Crippen LogP contribution is -2.32. The molecule has 5 nitrogen and oxygen atoms in total. The van der Waals surface area contributed by atoms with Crippen LogP contribution in [0.4, 0.5) is 0 Å². The van der Waals surface area contributed by atoms with Gasteiger partial charge in [-0.2, -0.15) is 0 Å². The molecule has 2 aromatic rings. The van der Waals surface area contributed by atoms with Crippen molar-refractivity contribution in [1.29, 1.82) is 0 Å². The number of thiophene rings is 1. The predicted octanol–water partition coefficient (Wildman–Crippen LogP) is 3.07. The Labute approximate surface area is 149 Å². The second-order valence-electron chi connectivity index (χ2n) is 4.89. The van der Waals surface area contributed by atoms with Crippen molar-refractivity contribution in [2.45, 2.75) is 12.8 Å². The molecule has 128 valence electrons. The minimum absolute atomic E-state index is 0.271. The molecule has 0 spiro atoms. The highest BCUT2D eigenvalue weighted by Crippen LogP contribution is 2.15. The Hall–Kier alpha value is -2.05. The van der Waals surface area contributed by atoms with Crippen LogP contribution >= 0.6 is 22.9 Å². The lowest BCUT2D eigenvalue weighted by Gasteiger charge is -2.08. The average molecular weight is 368 g/mol. The van der Waals surface area contributed by atoms with Crippen molar-refractivity contribution >= 4 is 34.8 Å². The molecule has 0 aliphatic rings. The fourth-order valence-electron chi connectivity index (χ4n) is 1.84. The van der Waals surface area contributed by atoms with E-state index < -0.39 is 0 Å². The molecule has 1 N–H and O–H groups in total. The monoisotopic (exact) mass is 367 g/mol. The number of rotatable bonds is 9. The molecule has 7 heteroatoms. The third kappa shape index (κ3) is 7.02. The van der Waals surface area contributed by atoms with Crippen molar-refractivity contribution in [2.75, 3.05) is 19.8 Å². The predicted molar refractivity (Wildman–Crippen MR) is 93.6 cm³/mol. The summed E-state index contributed by atoms with van der Waals surface area (Å²) in [6, 6.07) is 10.9. The molecule has 0 saturated carbocycles. The Balaban J connectivity index is 1.53. The van der Waals surface area contributed by atoms with E-state index in [4.69, 9.17) is 21.1 Å². The van der Waals surface area contributed by atoms with Crippen LogP contribution in [-0.2, 0) is 20.7 Å². The second kappa shape index (κ2) is 9.95. The standard InChI is InChI=1S/C17H18ClNO4S/c18-13-3-5-14(6-4-13)22-10-9-19-16(20)12-23-17(21)8-7-15-2-1-11-24-15/h1-6,11H,7-10,12H2,(H,19,20). The van der Waals surface area contributed by atoms with Crippen molar-refractivity contribution in [3.63, 3.8) is 0 Å². The van der Waals surface area contributed by atoms with Gasteiger partial charge in [0.25, 0.3) is 5.91 Å². The smallest absolute Gasteiger partial charge is 0.306 e. The molecule has 1 aromatic heterocycles. The number of hydrogen-bond acceptors (Lipinski definition) is 5. The van der Waals surface area contributed by atoms with Crippen LogP contribution in [0.5, 0.6) is 5.75 Å². The molecule has 1 aromatic carbocycles. The number of nitrogens with one attached hydrogen (secondary N) is 1. The van der Waals surface area contributed by atoms with Crippen molar-refractivity contribution in [3.05, 3.63) is 51.7 Å². The Morgan fingerprint density at radius 1 is 1.17 bits per heavy atom. The quantitative estimate of drug-likeness (QED) is 0.546. The fourth-order valence-corrected chi connectivity index (χ4v) is 2.67. The minimum atomic E-state index is -0.379. The van der Waals surface area contributed by atoms with Crippen LogP contribution < -0.4 is 10.1 Å². The summed E-state index contributed by atoms with van der Waals surface area (Å²) in [6.07, 6.45) is 0.903. The van der Waals surface area contributed by atoms with Gasteiger partial charge in [-0.25, -0.2) is 0 Å². The zero-order chi connectivity index (χ0) is 17.2. The number of carbonyl (C=O) groups is 2. The van der Waals surface area contributed by atoms with E-state index in [1.165, 1.54) is 0 Å². The number of aryl methyl sites for hydroxylation is 1. The van der Waals surface area contributed by atoms with Crippen LogP contribution in [0, 0.1) is 0 Å². The van der Waals surface area contributed by atoms with Crippen LogP contribution in [0.25, 0.3) is 0 Å². The average Bonchev–Trinajstić information content (AvgIpc) is 3.10. The Kier molecular flexibility index (Phi) is 7.58. The van der Waals surface area contributed by atoms with Crippen LogP contribution in [0.15, 0.2) is 41.8 Å². The Morgan fingerprint density at radius 2 is 1.96 bits per heavy atom. The van der Waals surface area contributed by atoms with Crippen molar-refractivity contribution in [3.8, 4) is 5.75 Å². The summed E-state index contributed by atoms with van der Waals surface area (Å²) >= 11 is 7.37. The molecule has 0 unspecified atom stereocenters. The topological polar surface area (TPSA) is 64.6 Å². The van der Waals surface area contributed by atoms with E-state index in [2.05, 4.69) is 5.32 Å². The number of hydrogen-bond donors (Lipinski definition) is 1. The summed E-state index contributed by atoms with van der Waals surface area (Å²) in [5, 5.41) is 5.22. The molecule has 24 heavy (non-hydrogen) atoms. The summed E-state index contributed by atoms with van der Waals surface area (Å²) in [5.74, 6) is -0.0520. The van der Waals surface area contributed by atoms with E-state index in [0.29, 0.717) is 30.3 Å². The van der Waals surface area contributed by atoms with Gasteiger partial charge in [-0.15, -0.1) is 11.3 Å². The number of halogens is 1. The maximum Gasteiger partial charge on any atom is 0.306 e. The number of carbonyl (C=O) groups excluding carboxylic acids is 2. The van der Waals surface area contributed by atoms with E-state index >= 15 is 0 Å². The number of benzene rings is 1. The molecular formula is C17H18ClNO4S. The number of ether oxygens (including phenoxy) is 2. The summed E-state index contributed by atoms with van der Waals surface area (Å²) in [4.78, 5) is 24.3. The van der Waals surface area contributed by atoms with Crippen LogP contribution in [-0.4, -0.2) is 31.6 Å². The van der Waals surface area contributed by atoms with Gasteiger partial charge in [-0.1, -0.05) is 17.7 Å². The normalized spacial score (nSPS) is 10.2. The highest BCUT2D eigenvalue weighted by Gasteiger charge is 2.08. The summed E-state index contributed by atoms with van der Waals surface area (Å²) in [6.45, 7) is 0.373. The van der Waals surface area contributed by atoms with Crippen molar-refractivity contribution in [1.82, 2.24) is 5.32 Å². The molecular weight excluding hydrogens is 350 g/mol. The first kappa shape index (κ1) is 18.3. The van der Waals surface area contributed by atoms with E-state index in [9.17, 15) is 9.59 Å². The lowest BCUT2D eigenvalue weighted by atomic mass is 10.3. The molecule has 2 rings (SSSR count). The third-order valence-corrected chi connectivity index (χ3v) is 4.21. The first-order valence-electron chi connectivity index (χ1n) is 7.46. The number of esters is 1. The fraction of sp³-hybridized carbons (Fsp3) is 0.294. The van der Waals surface area contributed by atoms with Crippen LogP contribution in [0.2, 0.25) is 5.02 Å². The third-order valence-electron chi connectivity index (χ3n) is 3.03. The van der Waals surface area contributed by atoms with Gasteiger partial charge < -0.3 is 14.8 Å². The molecule has 0 fully saturated rings. The molecule has 1 heterocycles. The van der Waals surface area contributed by atoms with Gasteiger partial charge in [-0.05, 0) is 42.1 Å². The molecule has 1 amide bonds. The molecule has 0 bridgehead atoms. The van der Waals surface area contributed by atoms with Gasteiger partial charge in [0.2, 0.25) is 0 Å². The van der Waals surface area contributed by atoms with Crippen LogP contribution in [0.1, 0.15) is 11.3 Å². The van der Waals surface area contributed by atoms with E-state index in [1.54, 1.807) is 35.6 Å². The summed E-state index contributed by atoms with van der Waals surface area (Å²) in [7, 11) is 0.